The Labute approximate surface area is 160 Å². The lowest BCUT2D eigenvalue weighted by Gasteiger charge is -2.33. The smallest absolute Gasteiger partial charge is 0.165 e. The Kier molecular flexibility index (Phi) is 4.85. The first-order valence-electron chi connectivity index (χ1n) is 9.70. The molecular formula is C21H28N5O+. The molecule has 0 atom stereocenters. The van der Waals surface area contributed by atoms with Gasteiger partial charge in [-0.1, -0.05) is 29.8 Å². The molecule has 0 amide bonds. The molecule has 3 heterocycles. The van der Waals surface area contributed by atoms with Crippen molar-refractivity contribution in [2.45, 2.75) is 20.8 Å². The molecule has 0 saturated carbocycles. The van der Waals surface area contributed by atoms with E-state index in [9.17, 15) is 5.11 Å². The first-order chi connectivity index (χ1) is 13.1. The van der Waals surface area contributed by atoms with Gasteiger partial charge in [0.05, 0.1) is 38.5 Å². The summed E-state index contributed by atoms with van der Waals surface area (Å²) in [6.07, 6.45) is 0. The fourth-order valence-corrected chi connectivity index (χ4v) is 3.97. The Morgan fingerprint density at radius 3 is 2.44 bits per heavy atom. The molecule has 1 saturated heterocycles. The van der Waals surface area contributed by atoms with Crippen molar-refractivity contribution in [3.63, 3.8) is 0 Å². The van der Waals surface area contributed by atoms with Gasteiger partial charge in [-0.2, -0.15) is 9.61 Å². The molecule has 0 radical (unpaired) electrons. The number of aliphatic hydroxyl groups excluding tert-OH is 1. The fourth-order valence-electron chi connectivity index (χ4n) is 3.97. The number of fused-ring (bicyclic) bond motifs is 1. The number of aryl methyl sites for hydroxylation is 3. The first-order valence-corrected chi connectivity index (χ1v) is 9.70. The van der Waals surface area contributed by atoms with Gasteiger partial charge in [0.15, 0.2) is 5.65 Å². The van der Waals surface area contributed by atoms with Crippen molar-refractivity contribution in [1.29, 1.82) is 0 Å². The third kappa shape index (κ3) is 3.42. The minimum absolute atomic E-state index is 0.256. The molecule has 4 rings (SSSR count). The third-order valence-electron chi connectivity index (χ3n) is 5.47. The maximum atomic E-state index is 9.18. The number of quaternary nitrogens is 1. The van der Waals surface area contributed by atoms with Gasteiger partial charge in [-0.25, -0.2) is 4.98 Å². The summed E-state index contributed by atoms with van der Waals surface area (Å²) in [7, 11) is 0. The zero-order valence-corrected chi connectivity index (χ0v) is 16.4. The average molecular weight is 366 g/mol. The number of nitrogens with zero attached hydrogens (tertiary/aromatic N) is 4. The molecule has 6 nitrogen and oxygen atoms in total. The van der Waals surface area contributed by atoms with Crippen LogP contribution in [0, 0.1) is 20.8 Å². The predicted octanol–water partition coefficient (Wildman–Crippen LogP) is 1.02. The summed E-state index contributed by atoms with van der Waals surface area (Å²) >= 11 is 0. The molecule has 3 aromatic rings. The van der Waals surface area contributed by atoms with Gasteiger partial charge in [-0.05, 0) is 26.3 Å². The van der Waals surface area contributed by atoms with Crippen LogP contribution in [-0.4, -0.2) is 59.0 Å². The summed E-state index contributed by atoms with van der Waals surface area (Å²) in [5.74, 6) is 1.11. The highest BCUT2D eigenvalue weighted by Gasteiger charge is 2.24. The normalized spacial score (nSPS) is 15.6. The van der Waals surface area contributed by atoms with Crippen LogP contribution in [0.2, 0.25) is 0 Å². The Hall–Kier alpha value is -2.44. The SMILES string of the molecule is Cc1ccc(-c2c(C)nn3c(N4CC[NH+](CCO)CC4)cc(C)nc23)cc1. The van der Waals surface area contributed by atoms with Crippen molar-refractivity contribution in [2.75, 3.05) is 44.2 Å². The molecule has 2 aromatic heterocycles. The summed E-state index contributed by atoms with van der Waals surface area (Å²) in [6.45, 7) is 11.3. The summed E-state index contributed by atoms with van der Waals surface area (Å²) in [5, 5.41) is 14.0. The summed E-state index contributed by atoms with van der Waals surface area (Å²) in [5.41, 5.74) is 6.47. The molecule has 1 aliphatic heterocycles. The van der Waals surface area contributed by atoms with Crippen molar-refractivity contribution < 1.29 is 10.0 Å². The van der Waals surface area contributed by atoms with E-state index in [0.29, 0.717) is 0 Å². The van der Waals surface area contributed by atoms with Crippen LogP contribution in [0.15, 0.2) is 30.3 Å². The lowest BCUT2D eigenvalue weighted by atomic mass is 10.0. The zero-order valence-electron chi connectivity index (χ0n) is 16.4. The molecule has 1 aromatic carbocycles. The predicted molar refractivity (Wildman–Crippen MR) is 107 cm³/mol. The number of aromatic nitrogens is 3. The maximum absolute atomic E-state index is 9.18. The molecule has 0 bridgehead atoms. The number of nitrogens with one attached hydrogen (secondary N) is 1. The monoisotopic (exact) mass is 366 g/mol. The van der Waals surface area contributed by atoms with Crippen LogP contribution in [0.5, 0.6) is 0 Å². The van der Waals surface area contributed by atoms with Crippen LogP contribution in [-0.2, 0) is 0 Å². The highest BCUT2D eigenvalue weighted by atomic mass is 16.3. The Morgan fingerprint density at radius 2 is 1.78 bits per heavy atom. The zero-order chi connectivity index (χ0) is 19.0. The second kappa shape index (κ2) is 7.29. The first kappa shape index (κ1) is 17.9. The lowest BCUT2D eigenvalue weighted by Crippen LogP contribution is -3.15. The number of rotatable bonds is 4. The fraction of sp³-hybridized carbons (Fsp3) is 0.429. The van der Waals surface area contributed by atoms with Gasteiger partial charge in [-0.3, -0.25) is 0 Å². The second-order valence-electron chi connectivity index (χ2n) is 7.53. The number of benzene rings is 1. The standard InChI is InChI=1S/C21H27N5O/c1-15-4-6-18(7-5-15)20-17(3)23-26-19(14-16(2)22-21(20)26)25-10-8-24(9-11-25)12-13-27/h4-7,14,27H,8-13H2,1-3H3/p+1. The van der Waals surface area contributed by atoms with Crippen molar-refractivity contribution in [3.05, 3.63) is 47.3 Å². The topological polar surface area (TPSA) is 58.1 Å². The van der Waals surface area contributed by atoms with Crippen molar-refractivity contribution in [3.8, 4) is 11.1 Å². The van der Waals surface area contributed by atoms with E-state index in [1.807, 2.05) is 4.52 Å². The van der Waals surface area contributed by atoms with E-state index in [4.69, 9.17) is 10.1 Å². The van der Waals surface area contributed by atoms with Crippen molar-refractivity contribution >= 4 is 11.5 Å². The van der Waals surface area contributed by atoms with E-state index in [1.165, 1.54) is 10.5 Å². The number of anilines is 1. The van der Waals surface area contributed by atoms with Crippen LogP contribution in [0.1, 0.15) is 17.0 Å². The number of aliphatic hydroxyl groups is 1. The highest BCUT2D eigenvalue weighted by Crippen LogP contribution is 2.30. The number of hydrogen-bond donors (Lipinski definition) is 2. The Morgan fingerprint density at radius 1 is 1.07 bits per heavy atom. The molecule has 142 valence electrons. The number of piperazine rings is 1. The maximum Gasteiger partial charge on any atom is 0.165 e. The molecule has 1 aliphatic rings. The van der Waals surface area contributed by atoms with Crippen LogP contribution in [0.4, 0.5) is 5.82 Å². The van der Waals surface area contributed by atoms with Gasteiger partial charge < -0.3 is 14.9 Å². The van der Waals surface area contributed by atoms with Crippen LogP contribution >= 0.6 is 0 Å². The average Bonchev–Trinajstić information content (AvgIpc) is 2.98. The molecule has 1 fully saturated rings. The number of hydrogen-bond acceptors (Lipinski definition) is 4. The van der Waals surface area contributed by atoms with Gasteiger partial charge >= 0.3 is 0 Å². The van der Waals surface area contributed by atoms with Gasteiger partial charge in [0.2, 0.25) is 0 Å². The molecule has 27 heavy (non-hydrogen) atoms. The summed E-state index contributed by atoms with van der Waals surface area (Å²) in [6, 6.07) is 10.7. The van der Waals surface area contributed by atoms with E-state index in [-0.39, 0.29) is 6.61 Å². The van der Waals surface area contributed by atoms with E-state index in [1.54, 1.807) is 0 Å². The van der Waals surface area contributed by atoms with Crippen molar-refractivity contribution in [1.82, 2.24) is 14.6 Å². The highest BCUT2D eigenvalue weighted by molar-refractivity contribution is 5.81. The Balaban J connectivity index is 1.75. The molecule has 6 heteroatoms. The van der Waals surface area contributed by atoms with Crippen LogP contribution in [0.25, 0.3) is 16.8 Å². The van der Waals surface area contributed by atoms with E-state index >= 15 is 0 Å². The molecule has 0 aliphatic carbocycles. The van der Waals surface area contributed by atoms with Gasteiger partial charge in [0.25, 0.3) is 0 Å². The molecule has 0 spiro atoms. The second-order valence-corrected chi connectivity index (χ2v) is 7.53. The quantitative estimate of drug-likeness (QED) is 0.724. The Bertz CT molecular complexity index is 939. The summed E-state index contributed by atoms with van der Waals surface area (Å²) < 4.78 is 2.01. The largest absolute Gasteiger partial charge is 0.391 e. The molecule has 2 N–H and O–H groups in total. The van der Waals surface area contributed by atoms with Gasteiger partial charge in [0.1, 0.15) is 12.4 Å². The van der Waals surface area contributed by atoms with Crippen LogP contribution in [0.3, 0.4) is 0 Å². The van der Waals surface area contributed by atoms with E-state index in [0.717, 1.165) is 66.7 Å². The third-order valence-corrected chi connectivity index (χ3v) is 5.47. The summed E-state index contributed by atoms with van der Waals surface area (Å²) in [4.78, 5) is 8.69. The molecular weight excluding hydrogens is 338 g/mol. The van der Waals surface area contributed by atoms with E-state index in [2.05, 4.69) is 56.0 Å². The minimum atomic E-state index is 0.256. The molecule has 0 unspecified atom stereocenters. The van der Waals surface area contributed by atoms with Crippen molar-refractivity contribution in [2.24, 2.45) is 0 Å². The lowest BCUT2D eigenvalue weighted by molar-refractivity contribution is -0.900. The van der Waals surface area contributed by atoms with Crippen LogP contribution < -0.4 is 9.80 Å². The van der Waals surface area contributed by atoms with Gasteiger partial charge in [-0.15, -0.1) is 0 Å². The minimum Gasteiger partial charge on any atom is -0.391 e. The van der Waals surface area contributed by atoms with Gasteiger partial charge in [0, 0.05) is 17.3 Å². The van der Waals surface area contributed by atoms with E-state index < -0.39 is 0 Å².